The molecule has 1 rings (SSSR count). The van der Waals surface area contributed by atoms with E-state index >= 15 is 0 Å². The van der Waals surface area contributed by atoms with Crippen LogP contribution in [0.4, 0.5) is 0 Å². The smallest absolute Gasteiger partial charge is 0.133 e. The lowest BCUT2D eigenvalue weighted by molar-refractivity contribution is 0.800. The third-order valence-corrected chi connectivity index (χ3v) is 1.93. The van der Waals surface area contributed by atoms with Gasteiger partial charge >= 0.3 is 0 Å². The minimum Gasteiger partial charge on any atom is -0.335 e. The predicted molar refractivity (Wildman–Crippen MR) is 54.9 cm³/mol. The summed E-state index contributed by atoms with van der Waals surface area (Å²) in [5, 5.41) is 0. The van der Waals surface area contributed by atoms with Crippen molar-refractivity contribution in [2.24, 2.45) is 13.0 Å². The molecule has 0 aromatic carbocycles. The van der Waals surface area contributed by atoms with Gasteiger partial charge in [0.25, 0.3) is 0 Å². The molecule has 1 aromatic rings. The van der Waals surface area contributed by atoms with Crippen LogP contribution in [0.25, 0.3) is 6.08 Å². The summed E-state index contributed by atoms with van der Waals surface area (Å²) in [5.41, 5.74) is 0.981. The van der Waals surface area contributed by atoms with Gasteiger partial charge in [0, 0.05) is 25.0 Å². The van der Waals surface area contributed by atoms with Crippen LogP contribution in [0.15, 0.2) is 18.0 Å². The van der Waals surface area contributed by atoms with Crippen molar-refractivity contribution in [1.29, 1.82) is 0 Å². The van der Waals surface area contributed by atoms with E-state index in [2.05, 4.69) is 24.8 Å². The number of allylic oxidation sites excluding steroid dienone is 1. The Morgan fingerprint density at radius 1 is 1.69 bits per heavy atom. The van der Waals surface area contributed by atoms with Gasteiger partial charge in [0.2, 0.25) is 0 Å². The minimum atomic E-state index is 0.377. The molecule has 0 saturated carbocycles. The first-order valence-electron chi connectivity index (χ1n) is 4.30. The van der Waals surface area contributed by atoms with Crippen LogP contribution in [0, 0.1) is 18.3 Å². The van der Waals surface area contributed by atoms with Gasteiger partial charge in [-0.1, -0.05) is 19.8 Å². The van der Waals surface area contributed by atoms with Crippen LogP contribution < -0.4 is 0 Å². The highest BCUT2D eigenvalue weighted by Gasteiger charge is 2.01. The average molecular weight is 174 g/mol. The molecule has 0 N–H and O–H groups in total. The average Bonchev–Trinajstić information content (AvgIpc) is 2.46. The molecule has 1 heterocycles. The summed E-state index contributed by atoms with van der Waals surface area (Å²) in [6.45, 7) is 4.16. The minimum absolute atomic E-state index is 0.377. The van der Waals surface area contributed by atoms with Crippen LogP contribution in [0.3, 0.4) is 0 Å². The van der Waals surface area contributed by atoms with Crippen molar-refractivity contribution in [3.05, 3.63) is 23.8 Å². The normalized spacial score (nSPS) is 11.8. The van der Waals surface area contributed by atoms with Gasteiger partial charge in [-0.15, -0.1) is 6.42 Å². The standard InChI is InChI=1S/C11H14N2/c1-5-10(9(2)3)8-11-12-6-7-13(11)4/h1,6-9H,2-4H3/b10-8+. The summed E-state index contributed by atoms with van der Waals surface area (Å²) >= 11 is 0. The summed E-state index contributed by atoms with van der Waals surface area (Å²) in [4.78, 5) is 4.18. The molecule has 0 aliphatic rings. The first kappa shape index (κ1) is 9.60. The maximum absolute atomic E-state index is 5.39. The quantitative estimate of drug-likeness (QED) is 0.628. The lowest BCUT2D eigenvalue weighted by Crippen LogP contribution is -1.95. The number of hydrogen-bond acceptors (Lipinski definition) is 1. The molecule has 0 aliphatic carbocycles. The van der Waals surface area contributed by atoms with E-state index in [0.717, 1.165) is 11.4 Å². The van der Waals surface area contributed by atoms with Gasteiger partial charge in [-0.3, -0.25) is 0 Å². The summed E-state index contributed by atoms with van der Waals surface area (Å²) in [6, 6.07) is 0. The molecule has 0 aliphatic heterocycles. The Balaban J connectivity index is 3.00. The summed E-state index contributed by atoms with van der Waals surface area (Å²) in [7, 11) is 1.95. The molecular formula is C11H14N2. The van der Waals surface area contributed by atoms with E-state index in [1.165, 1.54) is 0 Å². The fourth-order valence-electron chi connectivity index (χ4n) is 1.03. The molecule has 68 valence electrons. The van der Waals surface area contributed by atoms with E-state index in [1.54, 1.807) is 6.20 Å². The number of nitrogens with zero attached hydrogens (tertiary/aromatic N) is 2. The fourth-order valence-corrected chi connectivity index (χ4v) is 1.03. The molecule has 0 bridgehead atoms. The number of imidazole rings is 1. The highest BCUT2D eigenvalue weighted by molar-refractivity contribution is 5.53. The van der Waals surface area contributed by atoms with Gasteiger partial charge < -0.3 is 4.57 Å². The van der Waals surface area contributed by atoms with Crippen molar-refractivity contribution in [2.75, 3.05) is 0 Å². The van der Waals surface area contributed by atoms with Crippen LogP contribution in [-0.4, -0.2) is 9.55 Å². The Kier molecular flexibility index (Phi) is 2.92. The van der Waals surface area contributed by atoms with E-state index in [0.29, 0.717) is 5.92 Å². The van der Waals surface area contributed by atoms with Crippen LogP contribution in [-0.2, 0) is 7.05 Å². The molecule has 0 amide bonds. The molecule has 0 spiro atoms. The molecule has 0 radical (unpaired) electrons. The first-order valence-corrected chi connectivity index (χ1v) is 4.30. The van der Waals surface area contributed by atoms with Crippen molar-refractivity contribution in [3.63, 3.8) is 0 Å². The van der Waals surface area contributed by atoms with E-state index < -0.39 is 0 Å². The zero-order chi connectivity index (χ0) is 9.84. The fraction of sp³-hybridized carbons (Fsp3) is 0.364. The van der Waals surface area contributed by atoms with Gasteiger partial charge in [0.15, 0.2) is 0 Å². The highest BCUT2D eigenvalue weighted by atomic mass is 15.0. The second-order valence-electron chi connectivity index (χ2n) is 3.30. The monoisotopic (exact) mass is 174 g/mol. The van der Waals surface area contributed by atoms with Gasteiger partial charge in [-0.2, -0.15) is 0 Å². The number of rotatable bonds is 2. The van der Waals surface area contributed by atoms with Crippen molar-refractivity contribution in [2.45, 2.75) is 13.8 Å². The van der Waals surface area contributed by atoms with Gasteiger partial charge in [0.1, 0.15) is 5.82 Å². The Labute approximate surface area is 79.3 Å². The molecule has 0 atom stereocenters. The molecule has 0 saturated heterocycles. The second kappa shape index (κ2) is 3.95. The Morgan fingerprint density at radius 3 is 2.77 bits per heavy atom. The number of hydrogen-bond donors (Lipinski definition) is 0. The lowest BCUT2D eigenvalue weighted by atomic mass is 10.0. The molecule has 1 aromatic heterocycles. The topological polar surface area (TPSA) is 17.8 Å². The molecule has 0 unspecified atom stereocenters. The van der Waals surface area contributed by atoms with E-state index in [9.17, 15) is 0 Å². The zero-order valence-corrected chi connectivity index (χ0v) is 8.28. The maximum Gasteiger partial charge on any atom is 0.133 e. The molecule has 2 heteroatoms. The Bertz CT molecular complexity index is 350. The Morgan fingerprint density at radius 2 is 2.38 bits per heavy atom. The van der Waals surface area contributed by atoms with Crippen molar-refractivity contribution in [3.8, 4) is 12.3 Å². The SMILES string of the molecule is C#C/C(=C\c1nccn1C)C(C)C. The van der Waals surface area contributed by atoms with E-state index in [1.807, 2.05) is 23.9 Å². The van der Waals surface area contributed by atoms with Crippen LogP contribution in [0.1, 0.15) is 19.7 Å². The molecule has 13 heavy (non-hydrogen) atoms. The van der Waals surface area contributed by atoms with Crippen molar-refractivity contribution >= 4 is 6.08 Å². The molecule has 0 fully saturated rings. The molecular weight excluding hydrogens is 160 g/mol. The largest absolute Gasteiger partial charge is 0.335 e. The first-order chi connectivity index (χ1) is 6.15. The van der Waals surface area contributed by atoms with Crippen molar-refractivity contribution < 1.29 is 0 Å². The van der Waals surface area contributed by atoms with Gasteiger partial charge in [-0.25, -0.2) is 4.98 Å². The number of aromatic nitrogens is 2. The second-order valence-corrected chi connectivity index (χ2v) is 3.30. The lowest BCUT2D eigenvalue weighted by Gasteiger charge is -2.03. The van der Waals surface area contributed by atoms with Gasteiger partial charge in [0.05, 0.1) is 0 Å². The summed E-state index contributed by atoms with van der Waals surface area (Å²) < 4.78 is 1.94. The Hall–Kier alpha value is -1.49. The van der Waals surface area contributed by atoms with Crippen LogP contribution in [0.2, 0.25) is 0 Å². The number of aryl methyl sites for hydroxylation is 1. The zero-order valence-electron chi connectivity index (χ0n) is 8.28. The third kappa shape index (κ3) is 2.22. The summed E-state index contributed by atoms with van der Waals surface area (Å²) in [5.74, 6) is 3.96. The van der Waals surface area contributed by atoms with Crippen molar-refractivity contribution in [1.82, 2.24) is 9.55 Å². The van der Waals surface area contributed by atoms with Crippen LogP contribution >= 0.6 is 0 Å². The third-order valence-electron chi connectivity index (χ3n) is 1.93. The predicted octanol–water partition coefficient (Wildman–Crippen LogP) is 2.09. The highest BCUT2D eigenvalue weighted by Crippen LogP contribution is 2.11. The number of terminal acetylenes is 1. The van der Waals surface area contributed by atoms with E-state index in [4.69, 9.17) is 6.42 Å². The molecule has 2 nitrogen and oxygen atoms in total. The van der Waals surface area contributed by atoms with E-state index in [-0.39, 0.29) is 0 Å². The summed E-state index contributed by atoms with van der Waals surface area (Å²) in [6.07, 6.45) is 11.0. The van der Waals surface area contributed by atoms with Gasteiger partial charge in [-0.05, 0) is 12.0 Å². The maximum atomic E-state index is 5.39. The van der Waals surface area contributed by atoms with Crippen LogP contribution in [0.5, 0.6) is 0 Å².